The lowest BCUT2D eigenvalue weighted by molar-refractivity contribution is -0.131. The standard InChI is InChI=1S/C15H18N2OS2/c16-14(19)7-8-17(11-5-6-11)15(18)13-9-10-3-1-2-4-12(10)20-13/h1-4,11,13H,5-9H2,(H2,16,19). The van der Waals surface area contributed by atoms with E-state index in [1.807, 2.05) is 17.0 Å². The average Bonchev–Trinajstić information content (AvgIpc) is 3.16. The van der Waals surface area contributed by atoms with Crippen molar-refractivity contribution in [1.29, 1.82) is 0 Å². The molecule has 2 aliphatic rings. The fourth-order valence-corrected chi connectivity index (χ4v) is 3.95. The zero-order valence-corrected chi connectivity index (χ0v) is 12.9. The van der Waals surface area contributed by atoms with Crippen LogP contribution in [0.1, 0.15) is 24.8 Å². The van der Waals surface area contributed by atoms with Crippen LogP contribution >= 0.6 is 24.0 Å². The van der Waals surface area contributed by atoms with E-state index in [0.717, 1.165) is 19.3 Å². The molecule has 0 spiro atoms. The number of carbonyl (C=O) groups excluding carboxylic acids is 1. The smallest absolute Gasteiger partial charge is 0.236 e. The molecule has 1 heterocycles. The summed E-state index contributed by atoms with van der Waals surface area (Å²) < 4.78 is 0. The lowest BCUT2D eigenvalue weighted by Gasteiger charge is -2.25. The fourth-order valence-electron chi connectivity index (χ4n) is 2.59. The van der Waals surface area contributed by atoms with Crippen molar-refractivity contribution in [3.63, 3.8) is 0 Å². The van der Waals surface area contributed by atoms with Gasteiger partial charge in [0.15, 0.2) is 0 Å². The number of thiocarbonyl (C=S) groups is 1. The molecule has 1 amide bonds. The molecule has 1 aliphatic carbocycles. The highest BCUT2D eigenvalue weighted by Crippen LogP contribution is 2.39. The van der Waals surface area contributed by atoms with Crippen molar-refractivity contribution in [1.82, 2.24) is 4.90 Å². The maximum Gasteiger partial charge on any atom is 0.236 e. The van der Waals surface area contributed by atoms with E-state index in [1.54, 1.807) is 11.8 Å². The molecular weight excluding hydrogens is 288 g/mol. The fraction of sp³-hybridized carbons (Fsp3) is 0.467. The topological polar surface area (TPSA) is 46.3 Å². The molecule has 0 aromatic heterocycles. The Bertz CT molecular complexity index is 517. The average molecular weight is 306 g/mol. The Morgan fingerprint density at radius 1 is 1.40 bits per heavy atom. The van der Waals surface area contributed by atoms with Gasteiger partial charge < -0.3 is 10.6 Å². The summed E-state index contributed by atoms with van der Waals surface area (Å²) in [5.74, 6) is 0.255. The van der Waals surface area contributed by atoms with Gasteiger partial charge in [-0.05, 0) is 30.9 Å². The highest BCUT2D eigenvalue weighted by molar-refractivity contribution is 8.01. The summed E-state index contributed by atoms with van der Waals surface area (Å²) in [7, 11) is 0. The Labute approximate surface area is 128 Å². The van der Waals surface area contributed by atoms with E-state index in [1.165, 1.54) is 10.5 Å². The van der Waals surface area contributed by atoms with Gasteiger partial charge in [0.2, 0.25) is 5.91 Å². The monoisotopic (exact) mass is 306 g/mol. The molecule has 106 valence electrons. The van der Waals surface area contributed by atoms with Gasteiger partial charge in [0, 0.05) is 23.9 Å². The number of hydrogen-bond acceptors (Lipinski definition) is 3. The van der Waals surface area contributed by atoms with E-state index in [0.29, 0.717) is 24.0 Å². The number of nitrogens with zero attached hydrogens (tertiary/aromatic N) is 1. The maximum absolute atomic E-state index is 12.7. The van der Waals surface area contributed by atoms with Gasteiger partial charge in [-0.1, -0.05) is 30.4 Å². The molecule has 1 atom stereocenters. The first-order valence-electron chi connectivity index (χ1n) is 6.98. The second kappa shape index (κ2) is 5.74. The molecule has 2 N–H and O–H groups in total. The molecule has 1 saturated carbocycles. The van der Waals surface area contributed by atoms with Gasteiger partial charge in [-0.2, -0.15) is 0 Å². The number of fused-ring (bicyclic) bond motifs is 1. The van der Waals surface area contributed by atoms with E-state index in [-0.39, 0.29) is 11.2 Å². The summed E-state index contributed by atoms with van der Waals surface area (Å²) in [6.07, 6.45) is 3.71. The summed E-state index contributed by atoms with van der Waals surface area (Å²) in [5, 5.41) is 0.0272. The Balaban J connectivity index is 1.67. The van der Waals surface area contributed by atoms with E-state index < -0.39 is 0 Å². The molecule has 1 fully saturated rings. The SMILES string of the molecule is NC(=S)CCN(C(=O)C1Cc2ccccc2S1)C1CC1. The minimum absolute atomic E-state index is 0.0272. The molecule has 1 aromatic carbocycles. The third-order valence-electron chi connectivity index (χ3n) is 3.79. The van der Waals surface area contributed by atoms with Crippen molar-refractivity contribution in [3.05, 3.63) is 29.8 Å². The van der Waals surface area contributed by atoms with Crippen molar-refractivity contribution < 1.29 is 4.79 Å². The van der Waals surface area contributed by atoms with Gasteiger partial charge in [-0.25, -0.2) is 0 Å². The number of thioether (sulfide) groups is 1. The number of rotatable bonds is 5. The van der Waals surface area contributed by atoms with Crippen LogP contribution in [0.4, 0.5) is 0 Å². The quantitative estimate of drug-likeness (QED) is 0.849. The third kappa shape index (κ3) is 2.99. The third-order valence-corrected chi connectivity index (χ3v) is 5.30. The van der Waals surface area contributed by atoms with Crippen LogP contribution < -0.4 is 5.73 Å². The molecule has 0 radical (unpaired) electrons. The molecule has 1 aliphatic heterocycles. The normalized spacial score (nSPS) is 20.5. The highest BCUT2D eigenvalue weighted by Gasteiger charge is 2.38. The molecule has 3 rings (SSSR count). The number of nitrogens with two attached hydrogens (primary N) is 1. The van der Waals surface area contributed by atoms with Crippen LogP contribution in [0.3, 0.4) is 0 Å². The molecule has 0 saturated heterocycles. The number of benzene rings is 1. The second-order valence-corrected chi connectivity index (χ2v) is 7.17. The first-order valence-corrected chi connectivity index (χ1v) is 8.27. The summed E-state index contributed by atoms with van der Waals surface area (Å²) in [6.45, 7) is 0.673. The summed E-state index contributed by atoms with van der Waals surface area (Å²) in [5.41, 5.74) is 6.86. The van der Waals surface area contributed by atoms with E-state index >= 15 is 0 Å². The molecule has 5 heteroatoms. The minimum atomic E-state index is 0.0272. The van der Waals surface area contributed by atoms with E-state index in [9.17, 15) is 4.79 Å². The number of amides is 1. The van der Waals surface area contributed by atoms with Crippen LogP contribution in [-0.4, -0.2) is 33.6 Å². The van der Waals surface area contributed by atoms with Gasteiger partial charge in [0.05, 0.1) is 10.2 Å². The predicted molar refractivity (Wildman–Crippen MR) is 85.9 cm³/mol. The van der Waals surface area contributed by atoms with Gasteiger partial charge in [0.1, 0.15) is 0 Å². The van der Waals surface area contributed by atoms with Crippen LogP contribution in [0.2, 0.25) is 0 Å². The number of carbonyl (C=O) groups is 1. The van der Waals surface area contributed by atoms with Gasteiger partial charge >= 0.3 is 0 Å². The molecular formula is C15H18N2OS2. The molecule has 1 aromatic rings. The number of hydrogen-bond donors (Lipinski definition) is 1. The van der Waals surface area contributed by atoms with Gasteiger partial charge in [0.25, 0.3) is 0 Å². The maximum atomic E-state index is 12.7. The molecule has 3 nitrogen and oxygen atoms in total. The second-order valence-electron chi connectivity index (χ2n) is 5.40. The van der Waals surface area contributed by atoms with Gasteiger partial charge in [-0.3, -0.25) is 4.79 Å². The summed E-state index contributed by atoms with van der Waals surface area (Å²) in [4.78, 5) is 16.5. The van der Waals surface area contributed by atoms with Crippen molar-refractivity contribution in [2.75, 3.05) is 6.54 Å². The van der Waals surface area contributed by atoms with Crippen LogP contribution in [0.5, 0.6) is 0 Å². The molecule has 0 bridgehead atoms. The van der Waals surface area contributed by atoms with Crippen molar-refractivity contribution in [2.45, 2.75) is 41.9 Å². The summed E-state index contributed by atoms with van der Waals surface area (Å²) in [6, 6.07) is 8.71. The van der Waals surface area contributed by atoms with Gasteiger partial charge in [-0.15, -0.1) is 11.8 Å². The highest BCUT2D eigenvalue weighted by atomic mass is 32.2. The Morgan fingerprint density at radius 2 is 2.15 bits per heavy atom. The Kier molecular flexibility index (Phi) is 3.98. The van der Waals surface area contributed by atoms with Crippen LogP contribution in [0.15, 0.2) is 29.2 Å². The Morgan fingerprint density at radius 3 is 2.80 bits per heavy atom. The minimum Gasteiger partial charge on any atom is -0.393 e. The van der Waals surface area contributed by atoms with Crippen molar-refractivity contribution in [3.8, 4) is 0 Å². The van der Waals surface area contributed by atoms with Crippen LogP contribution in [0.25, 0.3) is 0 Å². The van der Waals surface area contributed by atoms with Crippen molar-refractivity contribution >= 4 is 34.9 Å². The first kappa shape index (κ1) is 13.9. The van der Waals surface area contributed by atoms with Crippen LogP contribution in [0, 0.1) is 0 Å². The summed E-state index contributed by atoms with van der Waals surface area (Å²) >= 11 is 6.63. The largest absolute Gasteiger partial charge is 0.393 e. The predicted octanol–water partition coefficient (Wildman–Crippen LogP) is 2.37. The van der Waals surface area contributed by atoms with Crippen molar-refractivity contribution in [2.24, 2.45) is 5.73 Å². The zero-order valence-electron chi connectivity index (χ0n) is 11.2. The lowest BCUT2D eigenvalue weighted by Crippen LogP contribution is -2.40. The van der Waals surface area contributed by atoms with E-state index in [4.69, 9.17) is 18.0 Å². The Hall–Kier alpha value is -1.07. The van der Waals surface area contributed by atoms with E-state index in [2.05, 4.69) is 12.1 Å². The lowest BCUT2D eigenvalue weighted by atomic mass is 10.1. The zero-order chi connectivity index (χ0) is 14.1. The molecule has 1 unspecified atom stereocenters. The first-order chi connectivity index (χ1) is 9.65. The molecule has 20 heavy (non-hydrogen) atoms. The van der Waals surface area contributed by atoms with Crippen LogP contribution in [-0.2, 0) is 11.2 Å².